The fourth-order valence-electron chi connectivity index (χ4n) is 4.08. The van der Waals surface area contributed by atoms with Crippen molar-refractivity contribution >= 4 is 12.0 Å². The van der Waals surface area contributed by atoms with Crippen molar-refractivity contribution in [3.63, 3.8) is 0 Å². The summed E-state index contributed by atoms with van der Waals surface area (Å²) in [6.45, 7) is 8.95. The van der Waals surface area contributed by atoms with Crippen molar-refractivity contribution in [2.75, 3.05) is 39.4 Å². The van der Waals surface area contributed by atoms with Crippen molar-refractivity contribution in [1.29, 1.82) is 0 Å². The maximum atomic E-state index is 12.6. The first kappa shape index (κ1) is 20.7. The Balaban J connectivity index is 1.55. The smallest absolute Gasteiger partial charge is 0.246 e. The van der Waals surface area contributed by atoms with E-state index in [-0.39, 0.29) is 5.91 Å². The predicted molar refractivity (Wildman–Crippen MR) is 113 cm³/mol. The van der Waals surface area contributed by atoms with Crippen LogP contribution in [-0.2, 0) is 4.79 Å². The first-order chi connectivity index (χ1) is 13.7. The number of ether oxygens (including phenoxy) is 2. The molecule has 1 heterocycles. The molecule has 2 aliphatic rings. The number of hydrogen-bond acceptors (Lipinski definition) is 4. The quantitative estimate of drug-likeness (QED) is 0.634. The second-order valence-corrected chi connectivity index (χ2v) is 7.62. The third-order valence-corrected chi connectivity index (χ3v) is 5.61. The Morgan fingerprint density at radius 2 is 1.82 bits per heavy atom. The van der Waals surface area contributed by atoms with E-state index in [1.807, 2.05) is 36.1 Å². The summed E-state index contributed by atoms with van der Waals surface area (Å²) in [7, 11) is 0. The first-order valence-corrected chi connectivity index (χ1v) is 10.8. The summed E-state index contributed by atoms with van der Waals surface area (Å²) in [5.74, 6) is 1.58. The van der Waals surface area contributed by atoms with Gasteiger partial charge in [0.1, 0.15) is 0 Å². The van der Waals surface area contributed by atoms with Crippen LogP contribution in [0.25, 0.3) is 6.08 Å². The minimum absolute atomic E-state index is 0.0929. The minimum atomic E-state index is 0.0929. The molecular formula is C23H34N2O3. The maximum Gasteiger partial charge on any atom is 0.246 e. The van der Waals surface area contributed by atoms with E-state index in [9.17, 15) is 4.79 Å². The molecule has 1 amide bonds. The van der Waals surface area contributed by atoms with Crippen LogP contribution in [0, 0.1) is 0 Å². The highest BCUT2D eigenvalue weighted by Gasteiger charge is 2.27. The van der Waals surface area contributed by atoms with Crippen LogP contribution < -0.4 is 9.47 Å². The lowest BCUT2D eigenvalue weighted by Gasteiger charge is -2.37. The molecule has 0 spiro atoms. The molecule has 1 aliphatic heterocycles. The van der Waals surface area contributed by atoms with Crippen molar-refractivity contribution in [2.45, 2.75) is 52.0 Å². The number of rotatable bonds is 8. The number of nitrogens with zero attached hydrogens (tertiary/aromatic N) is 2. The molecule has 5 nitrogen and oxygen atoms in total. The van der Waals surface area contributed by atoms with E-state index < -0.39 is 0 Å². The van der Waals surface area contributed by atoms with Gasteiger partial charge in [0.05, 0.1) is 13.2 Å². The van der Waals surface area contributed by atoms with Gasteiger partial charge in [-0.05, 0) is 50.0 Å². The van der Waals surface area contributed by atoms with Crippen molar-refractivity contribution < 1.29 is 14.3 Å². The molecule has 0 radical (unpaired) electrons. The van der Waals surface area contributed by atoms with E-state index in [1.165, 1.54) is 25.7 Å². The summed E-state index contributed by atoms with van der Waals surface area (Å²) in [5, 5.41) is 0. The molecule has 1 aliphatic carbocycles. The Kier molecular flexibility index (Phi) is 7.78. The van der Waals surface area contributed by atoms with Gasteiger partial charge in [0.15, 0.2) is 11.5 Å². The predicted octanol–water partition coefficient (Wildman–Crippen LogP) is 3.97. The van der Waals surface area contributed by atoms with E-state index in [4.69, 9.17) is 9.47 Å². The fourth-order valence-corrected chi connectivity index (χ4v) is 4.08. The van der Waals surface area contributed by atoms with E-state index >= 15 is 0 Å². The number of benzene rings is 1. The second kappa shape index (κ2) is 10.5. The van der Waals surface area contributed by atoms with Gasteiger partial charge in [-0.15, -0.1) is 0 Å². The first-order valence-electron chi connectivity index (χ1n) is 10.8. The van der Waals surface area contributed by atoms with Crippen molar-refractivity contribution in [1.82, 2.24) is 9.80 Å². The number of piperazine rings is 1. The molecule has 0 atom stereocenters. The van der Waals surface area contributed by atoms with Crippen LogP contribution in [-0.4, -0.2) is 61.1 Å². The third kappa shape index (κ3) is 5.51. The van der Waals surface area contributed by atoms with Crippen LogP contribution in [0.2, 0.25) is 0 Å². The van der Waals surface area contributed by atoms with Crippen molar-refractivity contribution in [3.05, 3.63) is 29.8 Å². The number of carbonyl (C=O) groups excluding carboxylic acids is 1. The summed E-state index contributed by atoms with van der Waals surface area (Å²) in [6.07, 6.45) is 9.88. The zero-order valence-electron chi connectivity index (χ0n) is 17.4. The lowest BCUT2D eigenvalue weighted by atomic mass is 10.1. The second-order valence-electron chi connectivity index (χ2n) is 7.62. The number of hydrogen-bond donors (Lipinski definition) is 0. The van der Waals surface area contributed by atoms with E-state index in [2.05, 4.69) is 11.8 Å². The lowest BCUT2D eigenvalue weighted by molar-refractivity contribution is -0.127. The fraction of sp³-hybridized carbons (Fsp3) is 0.609. The van der Waals surface area contributed by atoms with Gasteiger partial charge < -0.3 is 14.4 Å². The Labute approximate surface area is 169 Å². The Bertz CT molecular complexity index is 660. The zero-order valence-corrected chi connectivity index (χ0v) is 17.4. The van der Waals surface area contributed by atoms with E-state index in [0.717, 1.165) is 55.7 Å². The van der Waals surface area contributed by atoms with Gasteiger partial charge in [-0.25, -0.2) is 0 Å². The van der Waals surface area contributed by atoms with E-state index in [1.54, 1.807) is 6.08 Å². The summed E-state index contributed by atoms with van der Waals surface area (Å²) >= 11 is 0. The molecule has 5 heteroatoms. The standard InChI is InChI=1S/C23H34N2O3/c1-3-17-28-21-11-9-19(18-22(21)27-4-2)10-12-23(26)25-15-13-24(14-16-25)20-7-5-6-8-20/h9-12,18,20H,3-8,13-17H2,1-2H3/b12-10+. The van der Waals surface area contributed by atoms with Gasteiger partial charge in [-0.3, -0.25) is 9.69 Å². The van der Waals surface area contributed by atoms with Crippen molar-refractivity contribution in [3.8, 4) is 11.5 Å². The van der Waals surface area contributed by atoms with Crippen LogP contribution >= 0.6 is 0 Å². The van der Waals surface area contributed by atoms with Gasteiger partial charge in [0, 0.05) is 38.3 Å². The average molecular weight is 387 g/mol. The Morgan fingerprint density at radius 3 is 2.50 bits per heavy atom. The Hall–Kier alpha value is -2.01. The number of amides is 1. The lowest BCUT2D eigenvalue weighted by Crippen LogP contribution is -2.51. The highest BCUT2D eigenvalue weighted by atomic mass is 16.5. The summed E-state index contributed by atoms with van der Waals surface area (Å²) in [5.41, 5.74) is 0.949. The molecule has 1 aromatic carbocycles. The molecule has 3 rings (SSSR count). The van der Waals surface area contributed by atoms with Gasteiger partial charge >= 0.3 is 0 Å². The topological polar surface area (TPSA) is 42.0 Å². The Morgan fingerprint density at radius 1 is 1.07 bits per heavy atom. The molecule has 1 saturated carbocycles. The largest absolute Gasteiger partial charge is 0.490 e. The molecular weight excluding hydrogens is 352 g/mol. The molecule has 0 bridgehead atoms. The highest BCUT2D eigenvalue weighted by Crippen LogP contribution is 2.29. The van der Waals surface area contributed by atoms with Crippen LogP contribution in [0.4, 0.5) is 0 Å². The summed E-state index contributed by atoms with van der Waals surface area (Å²) in [6, 6.07) is 6.58. The normalized spacial score (nSPS) is 18.7. The summed E-state index contributed by atoms with van der Waals surface area (Å²) < 4.78 is 11.4. The van der Waals surface area contributed by atoms with Gasteiger partial charge in [-0.2, -0.15) is 0 Å². The van der Waals surface area contributed by atoms with E-state index in [0.29, 0.717) is 13.2 Å². The maximum absolute atomic E-state index is 12.6. The van der Waals surface area contributed by atoms with Crippen LogP contribution in [0.3, 0.4) is 0 Å². The SMILES string of the molecule is CCCOc1ccc(/C=C/C(=O)N2CCN(C3CCCC3)CC2)cc1OCC. The highest BCUT2D eigenvalue weighted by molar-refractivity contribution is 5.92. The third-order valence-electron chi connectivity index (χ3n) is 5.61. The van der Waals surface area contributed by atoms with Gasteiger partial charge in [-0.1, -0.05) is 25.8 Å². The average Bonchev–Trinajstić information content (AvgIpc) is 3.26. The zero-order chi connectivity index (χ0) is 19.8. The summed E-state index contributed by atoms with van der Waals surface area (Å²) in [4.78, 5) is 17.1. The monoisotopic (exact) mass is 386 g/mol. The van der Waals surface area contributed by atoms with Crippen molar-refractivity contribution in [2.24, 2.45) is 0 Å². The molecule has 0 aromatic heterocycles. The molecule has 154 valence electrons. The molecule has 0 N–H and O–H groups in total. The van der Waals surface area contributed by atoms with Gasteiger partial charge in [0.2, 0.25) is 5.91 Å². The minimum Gasteiger partial charge on any atom is -0.490 e. The van der Waals surface area contributed by atoms with Crippen LogP contribution in [0.1, 0.15) is 51.5 Å². The molecule has 1 aromatic rings. The number of carbonyl (C=O) groups is 1. The molecule has 0 unspecified atom stereocenters. The van der Waals surface area contributed by atoms with Crippen LogP contribution in [0.5, 0.6) is 11.5 Å². The molecule has 2 fully saturated rings. The van der Waals surface area contributed by atoms with Crippen LogP contribution in [0.15, 0.2) is 24.3 Å². The molecule has 1 saturated heterocycles. The molecule has 28 heavy (non-hydrogen) atoms. The van der Waals surface area contributed by atoms with Gasteiger partial charge in [0.25, 0.3) is 0 Å².